The zero-order chi connectivity index (χ0) is 12.0. The largest absolute Gasteiger partial charge is 0.493 e. The number of fused-ring (bicyclic) bond motifs is 1. The summed E-state index contributed by atoms with van der Waals surface area (Å²) >= 11 is 0. The van der Waals surface area contributed by atoms with E-state index in [0.29, 0.717) is 29.8 Å². The summed E-state index contributed by atoms with van der Waals surface area (Å²) in [5.41, 5.74) is 0.675. The van der Waals surface area contributed by atoms with Crippen molar-refractivity contribution in [1.29, 1.82) is 0 Å². The zero-order valence-electron chi connectivity index (χ0n) is 10.3. The van der Waals surface area contributed by atoms with Gasteiger partial charge in [0.1, 0.15) is 5.69 Å². The molecule has 2 unspecified atom stereocenters. The highest BCUT2D eigenvalue weighted by atomic mass is 16.5. The minimum Gasteiger partial charge on any atom is -0.493 e. The zero-order valence-corrected chi connectivity index (χ0v) is 10.3. The van der Waals surface area contributed by atoms with E-state index in [-0.39, 0.29) is 11.7 Å². The van der Waals surface area contributed by atoms with Crippen LogP contribution in [0.15, 0.2) is 6.20 Å². The lowest BCUT2D eigenvalue weighted by Crippen LogP contribution is -2.14. The predicted octanol–water partition coefficient (Wildman–Crippen LogP) is 2.14. The summed E-state index contributed by atoms with van der Waals surface area (Å²) in [7, 11) is 1.60. The third kappa shape index (κ3) is 1.50. The van der Waals surface area contributed by atoms with E-state index < -0.39 is 0 Å². The van der Waals surface area contributed by atoms with E-state index in [1.165, 1.54) is 19.3 Å². The van der Waals surface area contributed by atoms with E-state index in [2.05, 4.69) is 5.10 Å². The third-order valence-corrected chi connectivity index (χ3v) is 4.27. The van der Waals surface area contributed by atoms with Crippen molar-refractivity contribution in [3.8, 4) is 5.75 Å². The summed E-state index contributed by atoms with van der Waals surface area (Å²) in [6.45, 7) is 2.71. The number of ketones is 1. The van der Waals surface area contributed by atoms with Crippen LogP contribution in [0.25, 0.3) is 0 Å². The van der Waals surface area contributed by atoms with Gasteiger partial charge in [-0.1, -0.05) is 6.42 Å². The normalized spacial score (nSPS) is 30.1. The first kappa shape index (κ1) is 10.8. The molecule has 0 saturated heterocycles. The van der Waals surface area contributed by atoms with Gasteiger partial charge < -0.3 is 4.74 Å². The van der Waals surface area contributed by atoms with Gasteiger partial charge in [-0.25, -0.2) is 0 Å². The van der Waals surface area contributed by atoms with Crippen LogP contribution < -0.4 is 4.74 Å². The average Bonchev–Trinajstić information content (AvgIpc) is 2.75. The van der Waals surface area contributed by atoms with Crippen LogP contribution in [-0.4, -0.2) is 22.7 Å². The van der Waals surface area contributed by atoms with E-state index in [9.17, 15) is 4.79 Å². The fraction of sp³-hybridized carbons (Fsp3) is 0.692. The maximum atomic E-state index is 12.5. The minimum atomic E-state index is 0.246. The molecule has 0 aliphatic heterocycles. The summed E-state index contributed by atoms with van der Waals surface area (Å²) in [5.74, 6) is 2.41. The number of nitrogens with zero attached hydrogens (tertiary/aromatic N) is 2. The van der Waals surface area contributed by atoms with E-state index >= 15 is 0 Å². The molecule has 1 aromatic rings. The Morgan fingerprint density at radius 1 is 1.53 bits per heavy atom. The molecule has 92 valence electrons. The highest BCUT2D eigenvalue weighted by molar-refractivity contribution is 6.01. The van der Waals surface area contributed by atoms with Gasteiger partial charge in [0.25, 0.3) is 0 Å². The summed E-state index contributed by atoms with van der Waals surface area (Å²) in [6, 6.07) is 0. The molecule has 0 bridgehead atoms. The SMILES string of the molecule is CCn1ncc(OC)c1C(=O)C1C2CCCC21. The Hall–Kier alpha value is -1.32. The number of aryl methyl sites for hydroxylation is 1. The Morgan fingerprint density at radius 3 is 2.82 bits per heavy atom. The van der Waals surface area contributed by atoms with Crippen molar-refractivity contribution in [2.45, 2.75) is 32.7 Å². The number of aromatic nitrogens is 2. The Labute approximate surface area is 101 Å². The number of carbonyl (C=O) groups excluding carboxylic acids is 1. The number of rotatable bonds is 4. The monoisotopic (exact) mass is 234 g/mol. The molecule has 2 atom stereocenters. The highest BCUT2D eigenvalue weighted by Gasteiger charge is 2.57. The maximum Gasteiger partial charge on any atom is 0.188 e. The van der Waals surface area contributed by atoms with Crippen molar-refractivity contribution >= 4 is 5.78 Å². The Kier molecular flexibility index (Phi) is 2.45. The molecule has 0 N–H and O–H groups in total. The Morgan fingerprint density at radius 2 is 2.24 bits per heavy atom. The Bertz CT molecular complexity index is 421. The first-order chi connectivity index (χ1) is 8.27. The second-order valence-corrected chi connectivity index (χ2v) is 5.03. The second-order valence-electron chi connectivity index (χ2n) is 5.03. The lowest BCUT2D eigenvalue weighted by atomic mass is 10.1. The van der Waals surface area contributed by atoms with E-state index in [1.54, 1.807) is 18.0 Å². The summed E-state index contributed by atoms with van der Waals surface area (Å²) < 4.78 is 7.00. The average molecular weight is 234 g/mol. The van der Waals surface area contributed by atoms with Crippen LogP contribution in [0.3, 0.4) is 0 Å². The van der Waals surface area contributed by atoms with Gasteiger partial charge in [-0.15, -0.1) is 0 Å². The first-order valence-electron chi connectivity index (χ1n) is 6.42. The fourth-order valence-electron chi connectivity index (χ4n) is 3.37. The van der Waals surface area contributed by atoms with E-state index in [0.717, 1.165) is 0 Å². The lowest BCUT2D eigenvalue weighted by Gasteiger charge is -2.07. The topological polar surface area (TPSA) is 44.1 Å². The van der Waals surface area contributed by atoms with Gasteiger partial charge in [0, 0.05) is 12.5 Å². The van der Waals surface area contributed by atoms with Crippen LogP contribution >= 0.6 is 0 Å². The van der Waals surface area contributed by atoms with Crippen molar-refractivity contribution in [2.24, 2.45) is 17.8 Å². The maximum absolute atomic E-state index is 12.5. The van der Waals surface area contributed by atoms with Gasteiger partial charge in [0.15, 0.2) is 11.5 Å². The number of carbonyl (C=O) groups is 1. The molecule has 17 heavy (non-hydrogen) atoms. The molecule has 1 aromatic heterocycles. The van der Waals surface area contributed by atoms with Gasteiger partial charge in [-0.05, 0) is 31.6 Å². The molecule has 2 aliphatic rings. The smallest absolute Gasteiger partial charge is 0.188 e. The minimum absolute atomic E-state index is 0.246. The van der Waals surface area contributed by atoms with Gasteiger partial charge in [-0.3, -0.25) is 9.48 Å². The second kappa shape index (κ2) is 3.86. The van der Waals surface area contributed by atoms with E-state index in [1.807, 2.05) is 6.92 Å². The van der Waals surface area contributed by atoms with Crippen molar-refractivity contribution in [3.63, 3.8) is 0 Å². The molecule has 4 nitrogen and oxygen atoms in total. The standard InChI is InChI=1S/C13H18N2O2/c1-3-15-12(10(17-2)7-14-15)13(16)11-8-5-4-6-9(8)11/h7-9,11H,3-6H2,1-2H3. The van der Waals surface area contributed by atoms with Crippen molar-refractivity contribution in [2.75, 3.05) is 7.11 Å². The molecule has 3 rings (SSSR count). The van der Waals surface area contributed by atoms with Crippen LogP contribution in [0.2, 0.25) is 0 Å². The molecule has 2 fully saturated rings. The van der Waals surface area contributed by atoms with Gasteiger partial charge in [-0.2, -0.15) is 5.10 Å². The molecular formula is C13H18N2O2. The molecule has 2 aliphatic carbocycles. The van der Waals surface area contributed by atoms with Crippen LogP contribution in [0.5, 0.6) is 5.75 Å². The van der Waals surface area contributed by atoms with Crippen molar-refractivity contribution < 1.29 is 9.53 Å². The van der Waals surface area contributed by atoms with Crippen LogP contribution in [0.4, 0.5) is 0 Å². The number of methoxy groups -OCH3 is 1. The number of ether oxygens (including phenoxy) is 1. The first-order valence-corrected chi connectivity index (χ1v) is 6.42. The predicted molar refractivity (Wildman–Crippen MR) is 63.1 cm³/mol. The molecule has 2 saturated carbocycles. The summed E-state index contributed by atoms with van der Waals surface area (Å²) in [4.78, 5) is 12.5. The highest BCUT2D eigenvalue weighted by Crippen LogP contribution is 2.58. The van der Waals surface area contributed by atoms with Crippen LogP contribution in [0.1, 0.15) is 36.7 Å². The number of hydrogen-bond acceptors (Lipinski definition) is 3. The number of hydrogen-bond donors (Lipinski definition) is 0. The molecule has 0 radical (unpaired) electrons. The quantitative estimate of drug-likeness (QED) is 0.750. The molecule has 0 aromatic carbocycles. The van der Waals surface area contributed by atoms with E-state index in [4.69, 9.17) is 4.74 Å². The molecule has 0 amide bonds. The third-order valence-electron chi connectivity index (χ3n) is 4.27. The van der Waals surface area contributed by atoms with Crippen molar-refractivity contribution in [1.82, 2.24) is 9.78 Å². The fourth-order valence-corrected chi connectivity index (χ4v) is 3.37. The lowest BCUT2D eigenvalue weighted by molar-refractivity contribution is 0.0937. The molecular weight excluding hydrogens is 216 g/mol. The summed E-state index contributed by atoms with van der Waals surface area (Å²) in [5, 5.41) is 4.20. The van der Waals surface area contributed by atoms with Gasteiger partial charge in [0.2, 0.25) is 0 Å². The number of Topliss-reactive ketones (excluding diaryl/α,β-unsaturated/α-hetero) is 1. The van der Waals surface area contributed by atoms with Crippen LogP contribution in [0, 0.1) is 17.8 Å². The van der Waals surface area contributed by atoms with Crippen molar-refractivity contribution in [3.05, 3.63) is 11.9 Å². The molecule has 4 heteroatoms. The Balaban J connectivity index is 1.88. The summed E-state index contributed by atoms with van der Waals surface area (Å²) in [6.07, 6.45) is 5.39. The van der Waals surface area contributed by atoms with Gasteiger partial charge in [0.05, 0.1) is 13.3 Å². The van der Waals surface area contributed by atoms with Gasteiger partial charge >= 0.3 is 0 Å². The molecule has 0 spiro atoms. The molecule has 1 heterocycles. The van der Waals surface area contributed by atoms with Crippen LogP contribution in [-0.2, 0) is 6.54 Å².